The lowest BCUT2D eigenvalue weighted by molar-refractivity contribution is -0.141. The van der Waals surface area contributed by atoms with Crippen molar-refractivity contribution >= 4 is 17.4 Å². The largest absolute Gasteiger partial charge is 0.433 e. The fourth-order valence-electron chi connectivity index (χ4n) is 2.32. The van der Waals surface area contributed by atoms with E-state index in [4.69, 9.17) is 11.6 Å². The fourth-order valence-corrected chi connectivity index (χ4v) is 2.50. The highest BCUT2D eigenvalue weighted by atomic mass is 35.5. The minimum Gasteiger partial charge on any atom is -0.356 e. The van der Waals surface area contributed by atoms with Crippen LogP contribution in [0, 0.1) is 0 Å². The van der Waals surface area contributed by atoms with Crippen LogP contribution in [0.3, 0.4) is 0 Å². The first-order valence-corrected chi connectivity index (χ1v) is 6.68. The van der Waals surface area contributed by atoms with Crippen molar-refractivity contribution in [3.8, 4) is 0 Å². The van der Waals surface area contributed by atoms with Gasteiger partial charge in [-0.2, -0.15) is 13.2 Å². The van der Waals surface area contributed by atoms with Crippen LogP contribution in [0.5, 0.6) is 0 Å². The van der Waals surface area contributed by atoms with Crippen LogP contribution in [-0.4, -0.2) is 48.1 Å². The van der Waals surface area contributed by atoms with E-state index in [1.165, 1.54) is 0 Å². The zero-order valence-electron chi connectivity index (χ0n) is 11.3. The summed E-state index contributed by atoms with van der Waals surface area (Å²) < 4.78 is 38.1. The van der Waals surface area contributed by atoms with Gasteiger partial charge in [-0.3, -0.25) is 0 Å². The number of rotatable bonds is 2. The topological polar surface area (TPSA) is 32.3 Å². The number of hydrogen-bond donors (Lipinski definition) is 0. The third-order valence-electron chi connectivity index (χ3n) is 3.49. The average Bonchev–Trinajstić information content (AvgIpc) is 2.37. The molecule has 0 unspecified atom stereocenters. The molecule has 0 spiro atoms. The molecule has 112 valence electrons. The Balaban J connectivity index is 2.16. The molecule has 0 amide bonds. The van der Waals surface area contributed by atoms with Crippen LogP contribution in [0.15, 0.2) is 6.07 Å². The summed E-state index contributed by atoms with van der Waals surface area (Å²) in [6.07, 6.45) is -2.74. The van der Waals surface area contributed by atoms with Crippen molar-refractivity contribution in [2.24, 2.45) is 0 Å². The Morgan fingerprint density at radius 2 is 1.85 bits per heavy atom. The molecule has 0 radical (unpaired) electrons. The number of anilines is 1. The van der Waals surface area contributed by atoms with Gasteiger partial charge in [-0.05, 0) is 38.5 Å². The summed E-state index contributed by atoms with van der Waals surface area (Å²) in [6, 6.07) is 1.41. The summed E-state index contributed by atoms with van der Waals surface area (Å²) in [6.45, 7) is 1.32. The van der Waals surface area contributed by atoms with Gasteiger partial charge in [0.15, 0.2) is 5.69 Å². The lowest BCUT2D eigenvalue weighted by Gasteiger charge is -2.35. The lowest BCUT2D eigenvalue weighted by Crippen LogP contribution is -2.42. The van der Waals surface area contributed by atoms with Crippen LogP contribution in [0.2, 0.25) is 5.28 Å². The molecular weight excluding hydrogens is 293 g/mol. The molecule has 1 fully saturated rings. The maximum absolute atomic E-state index is 12.7. The number of halogens is 4. The van der Waals surface area contributed by atoms with E-state index in [0.29, 0.717) is 19.1 Å². The minimum absolute atomic E-state index is 0.245. The number of hydrogen-bond acceptors (Lipinski definition) is 4. The van der Waals surface area contributed by atoms with Crippen LogP contribution in [0.25, 0.3) is 0 Å². The van der Waals surface area contributed by atoms with Gasteiger partial charge in [-0.1, -0.05) is 0 Å². The zero-order chi connectivity index (χ0) is 14.9. The predicted octanol–water partition coefficient (Wildman–Crippen LogP) is 2.68. The van der Waals surface area contributed by atoms with Gasteiger partial charge in [0.2, 0.25) is 5.28 Å². The van der Waals surface area contributed by atoms with Crippen LogP contribution < -0.4 is 4.90 Å². The van der Waals surface area contributed by atoms with Crippen molar-refractivity contribution in [1.82, 2.24) is 14.9 Å². The van der Waals surface area contributed by atoms with Crippen molar-refractivity contribution in [2.45, 2.75) is 25.1 Å². The van der Waals surface area contributed by atoms with E-state index < -0.39 is 11.9 Å². The normalized spacial score (nSPS) is 17.9. The van der Waals surface area contributed by atoms with Gasteiger partial charge < -0.3 is 9.80 Å². The molecule has 8 heteroatoms. The summed E-state index contributed by atoms with van der Waals surface area (Å²) in [5.74, 6) is 0.245. The lowest BCUT2D eigenvalue weighted by atomic mass is 10.0. The molecule has 4 nitrogen and oxygen atoms in total. The highest BCUT2D eigenvalue weighted by Gasteiger charge is 2.34. The second-order valence-electron chi connectivity index (χ2n) is 5.06. The first kappa shape index (κ1) is 15.3. The standard InChI is InChI=1S/C12H16ClF3N4/c1-19(2)8-3-5-20(6-4-8)10-7-9(12(14,15)16)17-11(13)18-10/h7-8H,3-6H2,1-2H3. The van der Waals surface area contributed by atoms with Crippen LogP contribution >= 0.6 is 11.6 Å². The SMILES string of the molecule is CN(C)C1CCN(c2cc(C(F)(F)F)nc(Cl)n2)CC1. The minimum atomic E-state index is -4.51. The fraction of sp³-hybridized carbons (Fsp3) is 0.667. The van der Waals surface area contributed by atoms with E-state index in [1.54, 1.807) is 0 Å². The Labute approximate surface area is 120 Å². The maximum Gasteiger partial charge on any atom is 0.433 e. The van der Waals surface area contributed by atoms with Gasteiger partial charge in [-0.15, -0.1) is 0 Å². The molecule has 0 bridgehead atoms. The maximum atomic E-state index is 12.7. The monoisotopic (exact) mass is 308 g/mol. The second kappa shape index (κ2) is 5.73. The summed E-state index contributed by atoms with van der Waals surface area (Å²) >= 11 is 5.60. The number of nitrogens with zero attached hydrogens (tertiary/aromatic N) is 4. The van der Waals surface area contributed by atoms with Gasteiger partial charge >= 0.3 is 6.18 Å². The van der Waals surface area contributed by atoms with Gasteiger partial charge in [0, 0.05) is 25.2 Å². The molecular formula is C12H16ClF3N4. The van der Waals surface area contributed by atoms with Crippen LogP contribution in [-0.2, 0) is 6.18 Å². The summed E-state index contributed by atoms with van der Waals surface area (Å²) in [4.78, 5) is 11.1. The van der Waals surface area contributed by atoms with E-state index in [2.05, 4.69) is 14.9 Å². The number of alkyl halides is 3. The molecule has 1 aliphatic rings. The molecule has 0 N–H and O–H groups in total. The third kappa shape index (κ3) is 3.52. The van der Waals surface area contributed by atoms with Crippen LogP contribution in [0.1, 0.15) is 18.5 Å². The smallest absolute Gasteiger partial charge is 0.356 e. The van der Waals surface area contributed by atoms with Gasteiger partial charge in [0.05, 0.1) is 0 Å². The molecule has 0 atom stereocenters. The number of piperidine rings is 1. The van der Waals surface area contributed by atoms with Gasteiger partial charge in [0.1, 0.15) is 5.82 Å². The molecule has 0 aromatic carbocycles. The molecule has 0 aliphatic carbocycles. The van der Waals surface area contributed by atoms with E-state index in [9.17, 15) is 13.2 Å². The first-order chi connectivity index (χ1) is 9.27. The van der Waals surface area contributed by atoms with Crippen molar-refractivity contribution in [3.05, 3.63) is 17.0 Å². The summed E-state index contributed by atoms with van der Waals surface area (Å²) in [5.41, 5.74) is -0.998. The quantitative estimate of drug-likeness (QED) is 0.786. The van der Waals surface area contributed by atoms with Crippen molar-refractivity contribution < 1.29 is 13.2 Å². The summed E-state index contributed by atoms with van der Waals surface area (Å²) in [7, 11) is 4.01. The molecule has 1 aromatic rings. The van der Waals surface area contributed by atoms with E-state index >= 15 is 0 Å². The van der Waals surface area contributed by atoms with Crippen molar-refractivity contribution in [3.63, 3.8) is 0 Å². The average molecular weight is 309 g/mol. The Kier molecular flexibility index (Phi) is 4.39. The van der Waals surface area contributed by atoms with E-state index in [0.717, 1.165) is 18.9 Å². The Morgan fingerprint density at radius 3 is 2.35 bits per heavy atom. The zero-order valence-corrected chi connectivity index (χ0v) is 12.0. The molecule has 2 rings (SSSR count). The first-order valence-electron chi connectivity index (χ1n) is 6.30. The van der Waals surface area contributed by atoms with Crippen molar-refractivity contribution in [1.29, 1.82) is 0 Å². The summed E-state index contributed by atoms with van der Waals surface area (Å²) in [5, 5.41) is -0.371. The predicted molar refractivity (Wildman–Crippen MR) is 71.0 cm³/mol. The molecule has 20 heavy (non-hydrogen) atoms. The molecule has 1 saturated heterocycles. The Hall–Kier alpha value is -1.08. The Bertz CT molecular complexity index is 470. The number of aromatic nitrogens is 2. The molecule has 0 saturated carbocycles. The molecule has 1 aliphatic heterocycles. The Morgan fingerprint density at radius 1 is 1.25 bits per heavy atom. The van der Waals surface area contributed by atoms with E-state index in [1.807, 2.05) is 19.0 Å². The van der Waals surface area contributed by atoms with E-state index in [-0.39, 0.29) is 11.1 Å². The highest BCUT2D eigenvalue weighted by molar-refractivity contribution is 6.28. The molecule has 2 heterocycles. The second-order valence-corrected chi connectivity index (χ2v) is 5.40. The van der Waals surface area contributed by atoms with Crippen molar-refractivity contribution in [2.75, 3.05) is 32.1 Å². The highest BCUT2D eigenvalue weighted by Crippen LogP contribution is 2.31. The van der Waals surface area contributed by atoms with Crippen LogP contribution in [0.4, 0.5) is 19.0 Å². The molecule has 1 aromatic heterocycles. The third-order valence-corrected chi connectivity index (χ3v) is 3.66. The van der Waals surface area contributed by atoms with Gasteiger partial charge in [-0.25, -0.2) is 9.97 Å². The van der Waals surface area contributed by atoms with Gasteiger partial charge in [0.25, 0.3) is 0 Å².